The lowest BCUT2D eigenvalue weighted by Crippen LogP contribution is -2.56. The highest BCUT2D eigenvalue weighted by Crippen LogP contribution is 2.63. The molecule has 0 aromatic heterocycles. The molecule has 226 valence electrons. The van der Waals surface area contributed by atoms with Crippen LogP contribution in [0.15, 0.2) is 42.5 Å². The Morgan fingerprint density at radius 1 is 1.07 bits per heavy atom. The molecule has 1 spiro atoms. The number of benzene rings is 2. The monoisotopic (exact) mass is 577 g/mol. The molecule has 6 atom stereocenters. The van der Waals surface area contributed by atoms with Crippen molar-refractivity contribution < 1.29 is 29.0 Å². The molecular formula is C33H43N3O6. The van der Waals surface area contributed by atoms with Gasteiger partial charge in [-0.25, -0.2) is 0 Å². The molecule has 9 heteroatoms. The Bertz CT molecular complexity index is 1340. The van der Waals surface area contributed by atoms with Gasteiger partial charge in [-0.05, 0) is 88.3 Å². The third-order valence-electron chi connectivity index (χ3n) is 9.26. The fourth-order valence-electron chi connectivity index (χ4n) is 7.50. The average molecular weight is 578 g/mol. The van der Waals surface area contributed by atoms with Crippen molar-refractivity contribution in [1.82, 2.24) is 4.90 Å². The van der Waals surface area contributed by atoms with Crippen LogP contribution in [-0.4, -0.2) is 64.2 Å². The Hall–Kier alpha value is -3.43. The number of hydrogen-bond donors (Lipinski definition) is 3. The summed E-state index contributed by atoms with van der Waals surface area (Å²) in [6.45, 7) is 11.9. The number of anilines is 2. The van der Waals surface area contributed by atoms with Crippen LogP contribution in [0, 0.1) is 31.6 Å². The maximum atomic E-state index is 14.4. The molecule has 5 rings (SSSR count). The molecule has 3 N–H and O–H groups in total. The predicted molar refractivity (Wildman–Crippen MR) is 160 cm³/mol. The number of aliphatic hydroxyl groups excluding tert-OH is 1. The van der Waals surface area contributed by atoms with Crippen molar-refractivity contribution in [2.24, 2.45) is 17.8 Å². The van der Waals surface area contributed by atoms with Crippen molar-refractivity contribution in [2.45, 2.75) is 84.1 Å². The van der Waals surface area contributed by atoms with E-state index in [1.54, 1.807) is 24.3 Å². The Labute approximate surface area is 248 Å². The van der Waals surface area contributed by atoms with Gasteiger partial charge in [-0.15, -0.1) is 0 Å². The molecule has 3 fully saturated rings. The summed E-state index contributed by atoms with van der Waals surface area (Å²) < 4.78 is 12.3. The number of hydrogen-bond acceptors (Lipinski definition) is 6. The summed E-state index contributed by atoms with van der Waals surface area (Å²) in [5.74, 6) is -1.78. The number of nitrogens with one attached hydrogen (secondary N) is 2. The normalized spacial score (nSPS) is 28.6. The summed E-state index contributed by atoms with van der Waals surface area (Å²) in [7, 11) is 0. The lowest BCUT2D eigenvalue weighted by atomic mass is 9.66. The molecule has 2 aromatic carbocycles. The number of nitrogens with zero attached hydrogens (tertiary/aromatic N) is 1. The van der Waals surface area contributed by atoms with Crippen LogP contribution in [0.2, 0.25) is 0 Å². The van der Waals surface area contributed by atoms with E-state index in [0.717, 1.165) is 11.1 Å². The molecule has 3 saturated heterocycles. The topological polar surface area (TPSA) is 117 Å². The zero-order chi connectivity index (χ0) is 30.4. The molecule has 0 saturated carbocycles. The number of aliphatic hydroxyl groups is 1. The second-order valence-corrected chi connectivity index (χ2v) is 12.6. The Kier molecular flexibility index (Phi) is 8.11. The van der Waals surface area contributed by atoms with Crippen molar-refractivity contribution in [3.63, 3.8) is 0 Å². The van der Waals surface area contributed by atoms with Gasteiger partial charge in [0.05, 0.1) is 36.7 Å². The molecule has 2 unspecified atom stereocenters. The summed E-state index contributed by atoms with van der Waals surface area (Å²) in [5, 5.41) is 16.6. The number of rotatable bonds is 10. The molecule has 3 aliphatic rings. The van der Waals surface area contributed by atoms with Crippen LogP contribution in [0.5, 0.6) is 5.75 Å². The van der Waals surface area contributed by atoms with E-state index < -0.39 is 35.1 Å². The quantitative estimate of drug-likeness (QED) is 0.384. The molecular weight excluding hydrogens is 534 g/mol. The van der Waals surface area contributed by atoms with Gasteiger partial charge in [0.2, 0.25) is 17.7 Å². The maximum Gasteiger partial charge on any atom is 0.250 e. The third-order valence-corrected chi connectivity index (χ3v) is 9.26. The number of amides is 3. The molecule has 0 aliphatic carbocycles. The summed E-state index contributed by atoms with van der Waals surface area (Å²) in [4.78, 5) is 44.2. The maximum absolute atomic E-state index is 14.4. The van der Waals surface area contributed by atoms with Crippen molar-refractivity contribution in [3.05, 3.63) is 53.6 Å². The van der Waals surface area contributed by atoms with Gasteiger partial charge in [-0.2, -0.15) is 0 Å². The molecule has 0 radical (unpaired) electrons. The van der Waals surface area contributed by atoms with Crippen LogP contribution < -0.4 is 15.4 Å². The van der Waals surface area contributed by atoms with Gasteiger partial charge >= 0.3 is 0 Å². The van der Waals surface area contributed by atoms with Crippen molar-refractivity contribution in [1.29, 1.82) is 0 Å². The highest BCUT2D eigenvalue weighted by molar-refractivity contribution is 6.05. The van der Waals surface area contributed by atoms with Crippen LogP contribution in [0.25, 0.3) is 0 Å². The molecule has 9 nitrogen and oxygen atoms in total. The number of carbonyl (C=O) groups excluding carboxylic acids is 3. The van der Waals surface area contributed by atoms with Crippen LogP contribution in [-0.2, 0) is 19.1 Å². The molecule has 2 aromatic rings. The van der Waals surface area contributed by atoms with E-state index in [1.807, 2.05) is 59.7 Å². The van der Waals surface area contributed by atoms with Crippen molar-refractivity contribution in [3.8, 4) is 5.75 Å². The summed E-state index contributed by atoms with van der Waals surface area (Å²) in [5.41, 5.74) is 1.01. The third kappa shape index (κ3) is 4.96. The first-order valence-corrected chi connectivity index (χ1v) is 15.0. The standard InChI is InChI=1S/C33H43N3O6/c1-7-41-24-13-11-22(12-14-24)34-29(38)25-26-31(40)36(23(18-37)17-19(2)3)28(33(26)16-15-32(25,6)42-33)30(39)35-27-20(4)9-8-10-21(27)5/h8-14,19,23,25-26,28,37H,7,15-18H2,1-6H3,(H,34,38)(H,35,39)/t23-,25+,26+,28?,32-,33?/m1/s1. The second-order valence-electron chi connectivity index (χ2n) is 12.6. The zero-order valence-corrected chi connectivity index (χ0v) is 25.4. The van der Waals surface area contributed by atoms with Gasteiger partial charge in [0.25, 0.3) is 0 Å². The van der Waals surface area contributed by atoms with Crippen molar-refractivity contribution >= 4 is 29.1 Å². The highest BCUT2D eigenvalue weighted by atomic mass is 16.5. The van der Waals surface area contributed by atoms with Gasteiger partial charge < -0.3 is 30.1 Å². The summed E-state index contributed by atoms with van der Waals surface area (Å²) in [6.07, 6.45) is 1.51. The molecule has 3 heterocycles. The first-order chi connectivity index (χ1) is 20.0. The van der Waals surface area contributed by atoms with Crippen LogP contribution in [0.3, 0.4) is 0 Å². The van der Waals surface area contributed by atoms with E-state index in [0.29, 0.717) is 43.0 Å². The van der Waals surface area contributed by atoms with E-state index in [4.69, 9.17) is 9.47 Å². The number of ether oxygens (including phenoxy) is 2. The van der Waals surface area contributed by atoms with Gasteiger partial charge in [0, 0.05) is 11.4 Å². The number of likely N-dealkylation sites (tertiary alicyclic amines) is 1. The largest absolute Gasteiger partial charge is 0.494 e. The second kappa shape index (κ2) is 11.3. The Morgan fingerprint density at radius 2 is 1.74 bits per heavy atom. The van der Waals surface area contributed by atoms with Gasteiger partial charge in [0.1, 0.15) is 17.4 Å². The van der Waals surface area contributed by atoms with E-state index in [2.05, 4.69) is 10.6 Å². The number of carbonyl (C=O) groups is 3. The number of aryl methyl sites for hydroxylation is 2. The van der Waals surface area contributed by atoms with E-state index in [9.17, 15) is 19.5 Å². The van der Waals surface area contributed by atoms with Gasteiger partial charge in [-0.3, -0.25) is 14.4 Å². The van der Waals surface area contributed by atoms with E-state index in [1.165, 1.54) is 4.90 Å². The van der Waals surface area contributed by atoms with Crippen LogP contribution in [0.4, 0.5) is 11.4 Å². The first kappa shape index (κ1) is 30.0. The number of fused-ring (bicyclic) bond motifs is 1. The fraction of sp³-hybridized carbons (Fsp3) is 0.545. The van der Waals surface area contributed by atoms with Crippen LogP contribution >= 0.6 is 0 Å². The summed E-state index contributed by atoms with van der Waals surface area (Å²) >= 11 is 0. The zero-order valence-electron chi connectivity index (χ0n) is 25.4. The van der Waals surface area contributed by atoms with E-state index >= 15 is 0 Å². The minimum absolute atomic E-state index is 0.170. The van der Waals surface area contributed by atoms with Gasteiger partial charge in [0.15, 0.2) is 0 Å². The molecule has 2 bridgehead atoms. The fourth-order valence-corrected chi connectivity index (χ4v) is 7.50. The minimum Gasteiger partial charge on any atom is -0.494 e. The average Bonchev–Trinajstić information content (AvgIpc) is 3.51. The first-order valence-electron chi connectivity index (χ1n) is 15.0. The Morgan fingerprint density at radius 3 is 2.33 bits per heavy atom. The minimum atomic E-state index is -1.18. The smallest absolute Gasteiger partial charge is 0.250 e. The van der Waals surface area contributed by atoms with Gasteiger partial charge in [-0.1, -0.05) is 32.0 Å². The highest BCUT2D eigenvalue weighted by Gasteiger charge is 2.78. The molecule has 3 amide bonds. The van der Waals surface area contributed by atoms with E-state index in [-0.39, 0.29) is 30.2 Å². The lowest BCUT2D eigenvalue weighted by molar-refractivity contribution is -0.147. The predicted octanol–water partition coefficient (Wildman–Crippen LogP) is 4.45. The SMILES string of the molecule is CCOc1ccc(NC(=O)[C@@H]2[C@H]3C(=O)N([C@@H](CO)CC(C)C)C(C(=O)Nc4c(C)cccc4C)C34CC[C@@]2(C)O4)cc1. The van der Waals surface area contributed by atoms with Crippen LogP contribution in [0.1, 0.15) is 58.1 Å². The molecule has 3 aliphatic heterocycles. The Balaban J connectivity index is 1.52. The lowest BCUT2D eigenvalue weighted by Gasteiger charge is -2.37. The van der Waals surface area contributed by atoms with Crippen molar-refractivity contribution in [2.75, 3.05) is 23.8 Å². The number of para-hydroxylation sites is 1. The summed E-state index contributed by atoms with van der Waals surface area (Å²) in [6, 6.07) is 11.3. The molecule has 42 heavy (non-hydrogen) atoms.